The standard InChI is InChI=1S/C32H43N5O5/c1-18-28(19(2)36-32(35-18)33-9-5-7-20-6-4-8-26(38)15-20)30(40)37-27(31(41)42-3)17-34-29(39)25-14-22-10-21-11-23(12-22)24(13-21)16-25/h4,6,8,15,21-25,27,38H,5,7,9-14,16-17H2,1-3H3,(H,34,39)(H,37,40)(H,33,35,36)/t21?,22?,23?,24?,25?,27-/m0/s1. The highest BCUT2D eigenvalue weighted by atomic mass is 16.5. The van der Waals surface area contributed by atoms with Crippen molar-refractivity contribution in [3.63, 3.8) is 0 Å². The molecule has 5 unspecified atom stereocenters. The molecule has 0 saturated heterocycles. The lowest BCUT2D eigenvalue weighted by atomic mass is 9.78. The van der Waals surface area contributed by atoms with Crippen LogP contribution in [0.3, 0.4) is 0 Å². The van der Waals surface area contributed by atoms with Crippen molar-refractivity contribution in [3.05, 3.63) is 46.8 Å². The van der Waals surface area contributed by atoms with Crippen molar-refractivity contribution >= 4 is 23.7 Å². The van der Waals surface area contributed by atoms with Gasteiger partial charge in [-0.05, 0) is 107 Å². The van der Waals surface area contributed by atoms with E-state index < -0.39 is 17.9 Å². The normalized spacial score (nSPS) is 24.9. The minimum Gasteiger partial charge on any atom is -0.508 e. The first-order valence-corrected chi connectivity index (χ1v) is 15.2. The molecule has 1 heterocycles. The number of amides is 2. The summed E-state index contributed by atoms with van der Waals surface area (Å²) >= 11 is 0. The SMILES string of the molecule is COC(=O)[C@H](CNC(=O)C1CC2CC3CC(C2)C(C3)C1)NC(=O)c1c(C)nc(NCCCc2cccc(O)c2)nc1C. The largest absolute Gasteiger partial charge is 0.508 e. The summed E-state index contributed by atoms with van der Waals surface area (Å²) in [6.45, 7) is 4.04. The molecule has 2 amide bonds. The van der Waals surface area contributed by atoms with Crippen molar-refractivity contribution in [1.29, 1.82) is 0 Å². The van der Waals surface area contributed by atoms with Gasteiger partial charge in [-0.15, -0.1) is 0 Å². The summed E-state index contributed by atoms with van der Waals surface area (Å²) in [4.78, 5) is 48.0. The van der Waals surface area contributed by atoms with Crippen LogP contribution >= 0.6 is 0 Å². The second-order valence-electron chi connectivity index (χ2n) is 12.5. The van der Waals surface area contributed by atoms with Gasteiger partial charge >= 0.3 is 5.97 Å². The fourth-order valence-corrected chi connectivity index (χ4v) is 7.62. The molecule has 3 saturated carbocycles. The topological polar surface area (TPSA) is 143 Å². The zero-order valence-corrected chi connectivity index (χ0v) is 24.8. The second-order valence-corrected chi connectivity index (χ2v) is 12.5. The Morgan fingerprint density at radius 3 is 2.38 bits per heavy atom. The lowest BCUT2D eigenvalue weighted by Gasteiger charge is -2.28. The van der Waals surface area contributed by atoms with Crippen molar-refractivity contribution in [2.45, 2.75) is 71.3 Å². The van der Waals surface area contributed by atoms with Crippen molar-refractivity contribution in [2.75, 3.05) is 25.5 Å². The first-order chi connectivity index (χ1) is 20.2. The van der Waals surface area contributed by atoms with Gasteiger partial charge in [-0.2, -0.15) is 0 Å². The van der Waals surface area contributed by atoms with Crippen molar-refractivity contribution in [1.82, 2.24) is 20.6 Å². The van der Waals surface area contributed by atoms with Crippen molar-refractivity contribution in [3.8, 4) is 5.75 Å². The van der Waals surface area contributed by atoms with Gasteiger partial charge in [-0.25, -0.2) is 14.8 Å². The number of nitrogens with one attached hydrogen (secondary N) is 3. The smallest absolute Gasteiger partial charge is 0.330 e. The third-order valence-electron chi connectivity index (χ3n) is 9.42. The minimum atomic E-state index is -1.03. The fourth-order valence-electron chi connectivity index (χ4n) is 7.62. The van der Waals surface area contributed by atoms with Crippen LogP contribution in [0.1, 0.15) is 72.3 Å². The number of nitrogens with zero attached hydrogens (tertiary/aromatic N) is 2. The fraction of sp³-hybridized carbons (Fsp3) is 0.594. The molecule has 0 radical (unpaired) electrons. The second kappa shape index (κ2) is 13.1. The number of hydrogen-bond acceptors (Lipinski definition) is 8. The van der Waals surface area contributed by atoms with Crippen LogP contribution in [0.5, 0.6) is 5.75 Å². The summed E-state index contributed by atoms with van der Waals surface area (Å²) in [5.74, 6) is 2.34. The summed E-state index contributed by atoms with van der Waals surface area (Å²) in [5.41, 5.74) is 2.29. The van der Waals surface area contributed by atoms with Crippen LogP contribution in [-0.2, 0) is 20.7 Å². The van der Waals surface area contributed by atoms with Gasteiger partial charge < -0.3 is 25.8 Å². The molecule has 5 rings (SSSR count). The Bertz CT molecular complexity index is 1290. The molecule has 6 atom stereocenters. The molecule has 10 heteroatoms. The summed E-state index contributed by atoms with van der Waals surface area (Å²) in [5, 5.41) is 18.5. The van der Waals surface area contributed by atoms with Gasteiger partial charge in [0.15, 0.2) is 0 Å². The monoisotopic (exact) mass is 577 g/mol. The Balaban J connectivity index is 1.15. The van der Waals surface area contributed by atoms with Gasteiger partial charge in [0, 0.05) is 19.0 Å². The van der Waals surface area contributed by atoms with Gasteiger partial charge in [0.1, 0.15) is 11.8 Å². The van der Waals surface area contributed by atoms with Crippen LogP contribution in [0.4, 0.5) is 5.95 Å². The van der Waals surface area contributed by atoms with Gasteiger partial charge in [-0.1, -0.05) is 12.1 Å². The van der Waals surface area contributed by atoms with Gasteiger partial charge in [0.25, 0.3) is 5.91 Å². The Morgan fingerprint density at radius 2 is 1.69 bits per heavy atom. The predicted octanol–water partition coefficient (Wildman–Crippen LogP) is 3.69. The first kappa shape index (κ1) is 29.8. The number of phenols is 1. The minimum absolute atomic E-state index is 0.0348. The number of aromatic nitrogens is 2. The molecular weight excluding hydrogens is 534 g/mol. The van der Waals surface area contributed by atoms with Crippen LogP contribution in [0, 0.1) is 43.4 Å². The Labute approximate surface area is 247 Å². The van der Waals surface area contributed by atoms with E-state index in [2.05, 4.69) is 25.9 Å². The number of phenolic OH excluding ortho intramolecular Hbond substituents is 1. The lowest BCUT2D eigenvalue weighted by molar-refractivity contribution is -0.142. The molecule has 3 fully saturated rings. The Morgan fingerprint density at radius 1 is 1.00 bits per heavy atom. The molecule has 0 aliphatic heterocycles. The Kier molecular flexibility index (Phi) is 9.28. The molecule has 226 valence electrons. The number of aromatic hydroxyl groups is 1. The van der Waals surface area contributed by atoms with E-state index in [0.717, 1.165) is 43.1 Å². The van der Waals surface area contributed by atoms with E-state index in [9.17, 15) is 19.5 Å². The zero-order valence-electron chi connectivity index (χ0n) is 24.8. The molecule has 3 aliphatic rings. The molecule has 4 N–H and O–H groups in total. The highest BCUT2D eigenvalue weighted by Crippen LogP contribution is 2.54. The first-order valence-electron chi connectivity index (χ1n) is 15.2. The van der Waals surface area contributed by atoms with E-state index in [0.29, 0.717) is 35.7 Å². The third-order valence-corrected chi connectivity index (χ3v) is 9.42. The maximum atomic E-state index is 13.3. The molecule has 2 aromatic rings. The average Bonchev–Trinajstić information content (AvgIpc) is 3.16. The highest BCUT2D eigenvalue weighted by Gasteiger charge is 2.46. The zero-order chi connectivity index (χ0) is 29.8. The lowest BCUT2D eigenvalue weighted by Crippen LogP contribution is -2.50. The number of aryl methyl sites for hydroxylation is 3. The van der Waals surface area contributed by atoms with E-state index in [1.165, 1.54) is 32.8 Å². The molecule has 3 aliphatic carbocycles. The Hall–Kier alpha value is -3.69. The van der Waals surface area contributed by atoms with Gasteiger partial charge in [0.05, 0.1) is 24.1 Å². The van der Waals surface area contributed by atoms with Gasteiger partial charge in [0.2, 0.25) is 11.9 Å². The molecule has 1 aromatic carbocycles. The summed E-state index contributed by atoms with van der Waals surface area (Å²) in [7, 11) is 1.27. The number of esters is 1. The number of fused-ring (bicyclic) bond motifs is 2. The van der Waals surface area contributed by atoms with E-state index in [1.807, 2.05) is 12.1 Å². The molecule has 10 nitrogen and oxygen atoms in total. The van der Waals surface area contributed by atoms with Crippen LogP contribution in [0.25, 0.3) is 0 Å². The maximum absolute atomic E-state index is 13.3. The third kappa shape index (κ3) is 7.02. The van der Waals surface area contributed by atoms with Crippen LogP contribution in [0.15, 0.2) is 24.3 Å². The van der Waals surface area contributed by atoms with E-state index in [-0.39, 0.29) is 29.7 Å². The summed E-state index contributed by atoms with van der Waals surface area (Å²) < 4.78 is 4.94. The maximum Gasteiger partial charge on any atom is 0.330 e. The van der Waals surface area contributed by atoms with Crippen LogP contribution < -0.4 is 16.0 Å². The average molecular weight is 578 g/mol. The van der Waals surface area contributed by atoms with Crippen molar-refractivity contribution < 1.29 is 24.2 Å². The number of carbonyl (C=O) groups excluding carboxylic acids is 3. The highest BCUT2D eigenvalue weighted by molar-refractivity contribution is 5.98. The predicted molar refractivity (Wildman–Crippen MR) is 158 cm³/mol. The van der Waals surface area contributed by atoms with E-state index >= 15 is 0 Å². The molecule has 1 aromatic heterocycles. The summed E-state index contributed by atoms with van der Waals surface area (Å²) in [6.07, 6.45) is 8.50. The molecule has 3 bridgehead atoms. The molecular formula is C32H43N5O5. The summed E-state index contributed by atoms with van der Waals surface area (Å²) in [6, 6.07) is 6.15. The van der Waals surface area contributed by atoms with E-state index in [1.54, 1.807) is 26.0 Å². The number of methoxy groups -OCH3 is 1. The van der Waals surface area contributed by atoms with Gasteiger partial charge in [-0.3, -0.25) is 9.59 Å². The van der Waals surface area contributed by atoms with Crippen LogP contribution in [-0.4, -0.2) is 59.1 Å². The molecule has 0 spiro atoms. The number of ether oxygens (including phenoxy) is 1. The van der Waals surface area contributed by atoms with E-state index in [4.69, 9.17) is 4.74 Å². The number of carbonyl (C=O) groups is 3. The molecule has 42 heavy (non-hydrogen) atoms. The quantitative estimate of drug-likeness (QED) is 0.234. The number of anilines is 1. The number of benzene rings is 1. The number of rotatable bonds is 11. The van der Waals surface area contributed by atoms with Crippen molar-refractivity contribution in [2.24, 2.45) is 29.6 Å². The van der Waals surface area contributed by atoms with Crippen LogP contribution in [0.2, 0.25) is 0 Å². The number of hydrogen-bond donors (Lipinski definition) is 4.